The molecule has 0 saturated heterocycles. The zero-order chi connectivity index (χ0) is 35.5. The molecule has 4 aromatic heterocycles. The quantitative estimate of drug-likeness (QED) is 0.246. The summed E-state index contributed by atoms with van der Waals surface area (Å²) in [6.07, 6.45) is 0. The Bertz CT molecular complexity index is 3240. The molecule has 8 rings (SSSR count). The lowest BCUT2D eigenvalue weighted by Gasteiger charge is -2.09. The Morgan fingerprint density at radius 2 is 0.780 bits per heavy atom. The van der Waals surface area contributed by atoms with Crippen LogP contribution in [0.4, 0.5) is 0 Å². The van der Waals surface area contributed by atoms with E-state index in [9.17, 15) is 46.8 Å². The van der Waals surface area contributed by atoms with Gasteiger partial charge in [-0.2, -0.15) is 0 Å². The van der Waals surface area contributed by atoms with Gasteiger partial charge < -0.3 is 0 Å². The fraction of sp³-hybridized carbons (Fsp3) is 0.0857. The third-order valence-corrected chi connectivity index (χ3v) is 10.9. The van der Waals surface area contributed by atoms with E-state index in [0.717, 1.165) is 30.4 Å². The summed E-state index contributed by atoms with van der Waals surface area (Å²) in [5.74, 6) is 0. The normalized spacial score (nSPS) is 12.3. The Hall–Kier alpha value is -6.61. The van der Waals surface area contributed by atoms with Gasteiger partial charge in [-0.15, -0.1) is 0 Å². The lowest BCUT2D eigenvalue weighted by molar-refractivity contribution is 0.596. The van der Waals surface area contributed by atoms with Gasteiger partial charge in [0.1, 0.15) is 0 Å². The molecule has 0 N–H and O–H groups in total. The van der Waals surface area contributed by atoms with E-state index in [1.54, 1.807) is 6.92 Å². The Balaban J connectivity index is 1.25. The minimum atomic E-state index is -4.40. The molecular weight excluding hydrogens is 668 g/mol. The second-order valence-corrected chi connectivity index (χ2v) is 13.7. The molecule has 4 aromatic carbocycles. The molecule has 50 heavy (non-hydrogen) atoms. The summed E-state index contributed by atoms with van der Waals surface area (Å²) < 4.78 is 31.2. The number of nitrogens with zero attached hydrogens (tertiary/aromatic N) is 4. The van der Waals surface area contributed by atoms with E-state index in [1.165, 1.54) is 67.7 Å². The van der Waals surface area contributed by atoms with E-state index in [1.807, 2.05) is 0 Å². The largest absolute Gasteiger partial charge is 0.277 e. The van der Waals surface area contributed by atoms with Gasteiger partial charge in [-0.3, -0.25) is 47.5 Å². The van der Waals surface area contributed by atoms with Gasteiger partial charge in [0, 0.05) is 13.6 Å². The second kappa shape index (κ2) is 10.2. The van der Waals surface area contributed by atoms with Crippen molar-refractivity contribution >= 4 is 52.9 Å². The molecule has 15 heteroatoms. The number of aromatic nitrogens is 4. The van der Waals surface area contributed by atoms with E-state index in [-0.39, 0.29) is 70.8 Å². The van der Waals surface area contributed by atoms with Gasteiger partial charge in [0.05, 0.1) is 64.3 Å². The first kappa shape index (κ1) is 30.7. The molecule has 14 nitrogen and oxygen atoms in total. The highest BCUT2D eigenvalue weighted by molar-refractivity contribution is 7.91. The predicted molar refractivity (Wildman–Crippen MR) is 185 cm³/mol. The number of hydrogen-bond donors (Lipinski definition) is 0. The minimum absolute atomic E-state index is 0.00782. The average molecular weight is 689 g/mol. The third kappa shape index (κ3) is 3.91. The van der Waals surface area contributed by atoms with Crippen molar-refractivity contribution in [2.45, 2.75) is 23.3 Å². The zero-order valence-electron chi connectivity index (χ0n) is 25.9. The van der Waals surface area contributed by atoms with Crippen LogP contribution >= 0.6 is 0 Å². The summed E-state index contributed by atoms with van der Waals surface area (Å²) in [4.78, 5) is 104. The van der Waals surface area contributed by atoms with Crippen molar-refractivity contribution in [2.24, 2.45) is 7.05 Å². The molecule has 0 spiro atoms. The Morgan fingerprint density at radius 3 is 1.12 bits per heavy atom. The zero-order valence-corrected chi connectivity index (χ0v) is 26.7. The van der Waals surface area contributed by atoms with Crippen LogP contribution in [0.25, 0.3) is 54.5 Å². The van der Waals surface area contributed by atoms with Crippen molar-refractivity contribution in [1.82, 2.24) is 18.3 Å². The molecule has 0 amide bonds. The number of sulfone groups is 1. The lowest BCUT2D eigenvalue weighted by atomic mass is 10.1. The van der Waals surface area contributed by atoms with Crippen molar-refractivity contribution in [3.8, 4) is 11.4 Å². The van der Waals surface area contributed by atoms with Crippen molar-refractivity contribution < 1.29 is 8.42 Å². The summed E-state index contributed by atoms with van der Waals surface area (Å²) in [5, 5.41) is -0.521. The highest BCUT2D eigenvalue weighted by atomic mass is 32.2. The maximum absolute atomic E-state index is 13.9. The Kier molecular flexibility index (Phi) is 6.26. The maximum Gasteiger partial charge on any atom is 0.266 e. The van der Waals surface area contributed by atoms with Crippen LogP contribution in [0.5, 0.6) is 0 Å². The molecule has 246 valence electrons. The summed E-state index contributed by atoms with van der Waals surface area (Å²) in [6.45, 7) is 1.73. The van der Waals surface area contributed by atoms with E-state index < -0.39 is 54.3 Å². The van der Waals surface area contributed by atoms with Gasteiger partial charge in [0.2, 0.25) is 9.84 Å². The highest BCUT2D eigenvalue weighted by Gasteiger charge is 2.24. The van der Waals surface area contributed by atoms with E-state index in [0.29, 0.717) is 0 Å². The first-order chi connectivity index (χ1) is 23.8. The van der Waals surface area contributed by atoms with Gasteiger partial charge in [-0.05, 0) is 67.6 Å². The molecular formula is C35H20N4O10S. The third-order valence-electron chi connectivity index (χ3n) is 9.16. The molecule has 0 aliphatic carbocycles. The van der Waals surface area contributed by atoms with Crippen LogP contribution in [0.15, 0.2) is 121 Å². The number of fused-ring (bicyclic) bond motifs is 4. The molecule has 0 aliphatic rings. The summed E-state index contributed by atoms with van der Waals surface area (Å²) in [6, 6.07) is 14.8. The molecule has 8 aromatic rings. The molecule has 0 radical (unpaired) electrons. The van der Waals surface area contributed by atoms with Crippen molar-refractivity contribution in [3.05, 3.63) is 156 Å². The summed E-state index contributed by atoms with van der Waals surface area (Å²) in [5.41, 5.74) is -5.88. The molecule has 0 unspecified atom stereocenters. The molecule has 4 heterocycles. The average Bonchev–Trinajstić information content (AvgIpc) is 3.69. The first-order valence-electron chi connectivity index (χ1n) is 15.0. The van der Waals surface area contributed by atoms with Crippen LogP contribution in [0, 0.1) is 0 Å². The highest BCUT2D eigenvalue weighted by Crippen LogP contribution is 2.25. The van der Waals surface area contributed by atoms with Crippen LogP contribution < -0.4 is 44.5 Å². The maximum atomic E-state index is 13.9. The minimum Gasteiger partial charge on any atom is -0.277 e. The lowest BCUT2D eigenvalue weighted by Crippen LogP contribution is -2.24. The molecule has 0 bridgehead atoms. The summed E-state index contributed by atoms with van der Waals surface area (Å²) in [7, 11) is -3.11. The predicted octanol–water partition coefficient (Wildman–Crippen LogP) is 0.506. The van der Waals surface area contributed by atoms with Gasteiger partial charge in [-0.1, -0.05) is 12.1 Å². The van der Waals surface area contributed by atoms with Crippen molar-refractivity contribution in [1.29, 1.82) is 0 Å². The van der Waals surface area contributed by atoms with Crippen LogP contribution in [-0.4, -0.2) is 26.7 Å². The Labute approximate surface area is 276 Å². The smallest absolute Gasteiger partial charge is 0.266 e. The van der Waals surface area contributed by atoms with Crippen LogP contribution in [0.1, 0.15) is 6.92 Å². The number of benzene rings is 4. The van der Waals surface area contributed by atoms with Crippen LogP contribution in [-0.2, 0) is 23.4 Å². The molecule has 0 aliphatic heterocycles. The van der Waals surface area contributed by atoms with E-state index >= 15 is 0 Å². The van der Waals surface area contributed by atoms with E-state index in [4.69, 9.17) is 0 Å². The number of rotatable bonds is 5. The van der Waals surface area contributed by atoms with Crippen LogP contribution in [0.3, 0.4) is 0 Å². The standard InChI is InChI=1S/C35H20N4O10S/c1-3-37-30(42)22-14-26-27(15-23(22)31(37)43)35(47)39(34(26)46)17-7-5-9-19(11-17)50(48,49)18-8-4-6-16(10-18)38-32(44)24-12-20-21(13-25(24)33(38)45)29(41)36(2)28(20)40/h4-15H,3H2,1-2H3. The topological polar surface area (TPSA) is 190 Å². The fourth-order valence-electron chi connectivity index (χ4n) is 6.59. The van der Waals surface area contributed by atoms with Crippen molar-refractivity contribution in [3.63, 3.8) is 0 Å². The second-order valence-electron chi connectivity index (χ2n) is 11.8. The molecule has 0 fully saturated rings. The van der Waals surface area contributed by atoms with Gasteiger partial charge in [-0.25, -0.2) is 17.6 Å². The summed E-state index contributed by atoms with van der Waals surface area (Å²) >= 11 is 0. The van der Waals surface area contributed by atoms with Gasteiger partial charge >= 0.3 is 0 Å². The number of hydrogen-bond acceptors (Lipinski definition) is 10. The van der Waals surface area contributed by atoms with Gasteiger partial charge in [0.15, 0.2) is 0 Å². The van der Waals surface area contributed by atoms with Gasteiger partial charge in [0.25, 0.3) is 44.5 Å². The first-order valence-corrected chi connectivity index (χ1v) is 16.5. The molecule has 0 saturated carbocycles. The van der Waals surface area contributed by atoms with Crippen LogP contribution in [0.2, 0.25) is 0 Å². The fourth-order valence-corrected chi connectivity index (χ4v) is 7.93. The SMILES string of the molecule is CCn1c(=O)c2cc3c(=O)n(-c4cccc(S(=O)(=O)c5cccc(-n6c(=O)c7cc8c(=O)n(C)c(=O)c8cc7c6=O)c5)c4)c(=O)c3cc2c1=O. The van der Waals surface area contributed by atoms with Crippen molar-refractivity contribution in [2.75, 3.05) is 0 Å². The molecule has 0 atom stereocenters. The Morgan fingerprint density at radius 1 is 0.460 bits per heavy atom. The van der Waals surface area contributed by atoms with E-state index in [2.05, 4.69) is 0 Å². The monoisotopic (exact) mass is 688 g/mol.